The molecule has 1 aromatic carbocycles. The lowest BCUT2D eigenvalue weighted by molar-refractivity contribution is 0.459. The Morgan fingerprint density at radius 2 is 2.00 bits per heavy atom. The van der Waals surface area contributed by atoms with Crippen LogP contribution in [0.25, 0.3) is 0 Å². The summed E-state index contributed by atoms with van der Waals surface area (Å²) < 4.78 is 5.72. The van der Waals surface area contributed by atoms with E-state index in [1.54, 1.807) is 12.1 Å². The number of hydrogen-bond acceptors (Lipinski definition) is 4. The number of nitrogens with zero attached hydrogens (tertiary/aromatic N) is 2. The molecular formula is C14H16ClN3O. The third-order valence-electron chi connectivity index (χ3n) is 2.47. The highest BCUT2D eigenvalue weighted by Gasteiger charge is 2.07. The average molecular weight is 278 g/mol. The molecule has 0 atom stereocenters. The molecule has 0 saturated heterocycles. The Kier molecular flexibility index (Phi) is 4.58. The molecule has 1 N–H and O–H groups in total. The van der Waals surface area contributed by atoms with Gasteiger partial charge in [0.15, 0.2) is 0 Å². The molecule has 100 valence electrons. The molecule has 0 aliphatic heterocycles. The number of aryl methyl sites for hydroxylation is 1. The lowest BCUT2D eigenvalue weighted by Gasteiger charge is -2.10. The van der Waals surface area contributed by atoms with Crippen LogP contribution in [0.1, 0.15) is 19.7 Å². The Labute approximate surface area is 117 Å². The summed E-state index contributed by atoms with van der Waals surface area (Å²) in [6, 6.07) is 9.09. The minimum Gasteiger partial charge on any atom is -0.437 e. The van der Waals surface area contributed by atoms with Gasteiger partial charge in [0.05, 0.1) is 5.02 Å². The minimum absolute atomic E-state index is 0.496. The highest BCUT2D eigenvalue weighted by Crippen LogP contribution is 2.28. The van der Waals surface area contributed by atoms with Crippen molar-refractivity contribution in [3.63, 3.8) is 0 Å². The van der Waals surface area contributed by atoms with Crippen LogP contribution < -0.4 is 10.1 Å². The molecule has 0 radical (unpaired) electrons. The van der Waals surface area contributed by atoms with E-state index in [1.165, 1.54) is 0 Å². The largest absolute Gasteiger partial charge is 0.437 e. The van der Waals surface area contributed by atoms with Crippen molar-refractivity contribution in [2.75, 3.05) is 11.9 Å². The molecule has 1 heterocycles. The van der Waals surface area contributed by atoms with E-state index in [2.05, 4.69) is 15.3 Å². The number of rotatable bonds is 5. The van der Waals surface area contributed by atoms with Crippen LogP contribution in [0.5, 0.6) is 11.6 Å². The van der Waals surface area contributed by atoms with Crippen molar-refractivity contribution in [3.8, 4) is 11.6 Å². The summed E-state index contributed by atoms with van der Waals surface area (Å²) in [4.78, 5) is 8.71. The van der Waals surface area contributed by atoms with Gasteiger partial charge in [0.25, 0.3) is 0 Å². The molecule has 19 heavy (non-hydrogen) atoms. The molecule has 2 rings (SSSR count). The highest BCUT2D eigenvalue weighted by molar-refractivity contribution is 6.32. The lowest BCUT2D eigenvalue weighted by atomic mass is 10.3. The molecule has 0 fully saturated rings. The number of ether oxygens (including phenoxy) is 1. The standard InChI is InChI=1S/C14H16ClN3O/c1-3-12-17-13(16-4-2)9-14(18-12)19-11-8-6-5-7-10(11)15/h5-9H,3-4H2,1-2H3,(H,16,17,18). The Morgan fingerprint density at radius 3 is 2.68 bits per heavy atom. The van der Waals surface area contributed by atoms with Crippen LogP contribution in [-0.4, -0.2) is 16.5 Å². The van der Waals surface area contributed by atoms with E-state index in [4.69, 9.17) is 16.3 Å². The number of aromatic nitrogens is 2. The summed E-state index contributed by atoms with van der Waals surface area (Å²) in [5.41, 5.74) is 0. The van der Waals surface area contributed by atoms with Crippen molar-refractivity contribution < 1.29 is 4.74 Å². The predicted molar refractivity (Wildman–Crippen MR) is 77.1 cm³/mol. The van der Waals surface area contributed by atoms with E-state index < -0.39 is 0 Å². The van der Waals surface area contributed by atoms with E-state index >= 15 is 0 Å². The van der Waals surface area contributed by atoms with E-state index in [9.17, 15) is 0 Å². The fraction of sp³-hybridized carbons (Fsp3) is 0.286. The van der Waals surface area contributed by atoms with Gasteiger partial charge in [-0.3, -0.25) is 0 Å². The number of nitrogens with one attached hydrogen (secondary N) is 1. The van der Waals surface area contributed by atoms with Crippen molar-refractivity contribution in [2.45, 2.75) is 20.3 Å². The Balaban J connectivity index is 2.29. The summed E-state index contributed by atoms with van der Waals surface area (Å²) in [5.74, 6) is 2.58. The summed E-state index contributed by atoms with van der Waals surface area (Å²) in [7, 11) is 0. The van der Waals surface area contributed by atoms with Crippen molar-refractivity contribution in [1.29, 1.82) is 0 Å². The quantitative estimate of drug-likeness (QED) is 0.900. The van der Waals surface area contributed by atoms with Crippen LogP contribution >= 0.6 is 11.6 Å². The number of para-hydroxylation sites is 1. The maximum atomic E-state index is 6.06. The van der Waals surface area contributed by atoms with Crippen molar-refractivity contribution >= 4 is 17.4 Å². The van der Waals surface area contributed by atoms with Gasteiger partial charge in [-0.2, -0.15) is 4.98 Å². The molecule has 0 saturated carbocycles. The lowest BCUT2D eigenvalue weighted by Crippen LogP contribution is -2.04. The van der Waals surface area contributed by atoms with Crippen LogP contribution in [-0.2, 0) is 6.42 Å². The van der Waals surface area contributed by atoms with Gasteiger partial charge in [-0.25, -0.2) is 4.98 Å². The Morgan fingerprint density at radius 1 is 1.21 bits per heavy atom. The Hall–Kier alpha value is -1.81. The molecule has 0 unspecified atom stereocenters. The zero-order valence-electron chi connectivity index (χ0n) is 11.0. The van der Waals surface area contributed by atoms with Crippen LogP contribution in [0, 0.1) is 0 Å². The number of halogens is 1. The van der Waals surface area contributed by atoms with Gasteiger partial charge >= 0.3 is 0 Å². The fourth-order valence-electron chi connectivity index (χ4n) is 1.59. The maximum absolute atomic E-state index is 6.06. The summed E-state index contributed by atoms with van der Waals surface area (Å²) in [6.07, 6.45) is 0.748. The second kappa shape index (κ2) is 6.38. The smallest absolute Gasteiger partial charge is 0.224 e. The molecule has 2 aromatic rings. The summed E-state index contributed by atoms with van der Waals surface area (Å²) in [6.45, 7) is 4.82. The van der Waals surface area contributed by atoms with Crippen LogP contribution in [0.4, 0.5) is 5.82 Å². The second-order valence-corrected chi connectivity index (χ2v) is 4.33. The number of anilines is 1. The first-order valence-electron chi connectivity index (χ1n) is 6.27. The zero-order chi connectivity index (χ0) is 13.7. The van der Waals surface area contributed by atoms with Gasteiger partial charge in [-0.05, 0) is 19.1 Å². The Bertz CT molecular complexity index is 560. The monoisotopic (exact) mass is 277 g/mol. The summed E-state index contributed by atoms with van der Waals surface area (Å²) in [5, 5.41) is 3.72. The van der Waals surface area contributed by atoms with Crippen LogP contribution in [0.3, 0.4) is 0 Å². The molecule has 1 aromatic heterocycles. The van der Waals surface area contributed by atoms with E-state index in [-0.39, 0.29) is 0 Å². The SMILES string of the molecule is CCNc1cc(Oc2ccccc2Cl)nc(CC)n1. The molecule has 0 amide bonds. The van der Waals surface area contributed by atoms with E-state index in [0.717, 1.165) is 24.6 Å². The third kappa shape index (κ3) is 3.58. The van der Waals surface area contributed by atoms with Gasteiger partial charge in [0.2, 0.25) is 5.88 Å². The highest BCUT2D eigenvalue weighted by atomic mass is 35.5. The molecule has 0 bridgehead atoms. The van der Waals surface area contributed by atoms with Gasteiger partial charge in [0, 0.05) is 19.0 Å². The topological polar surface area (TPSA) is 47.0 Å². The first-order valence-corrected chi connectivity index (χ1v) is 6.65. The number of hydrogen-bond donors (Lipinski definition) is 1. The van der Waals surface area contributed by atoms with Crippen molar-refractivity contribution in [1.82, 2.24) is 9.97 Å². The minimum atomic E-state index is 0.496. The zero-order valence-corrected chi connectivity index (χ0v) is 11.7. The predicted octanol–water partition coefficient (Wildman–Crippen LogP) is 3.92. The van der Waals surface area contributed by atoms with E-state index in [0.29, 0.717) is 16.7 Å². The molecular weight excluding hydrogens is 262 g/mol. The van der Waals surface area contributed by atoms with Gasteiger partial charge in [0.1, 0.15) is 17.4 Å². The number of benzene rings is 1. The maximum Gasteiger partial charge on any atom is 0.224 e. The molecule has 5 heteroatoms. The molecule has 0 aliphatic rings. The van der Waals surface area contributed by atoms with Crippen molar-refractivity contribution in [3.05, 3.63) is 41.2 Å². The van der Waals surface area contributed by atoms with E-state index in [1.807, 2.05) is 32.0 Å². The van der Waals surface area contributed by atoms with Gasteiger partial charge < -0.3 is 10.1 Å². The fourth-order valence-corrected chi connectivity index (χ4v) is 1.77. The molecule has 0 spiro atoms. The van der Waals surface area contributed by atoms with Gasteiger partial charge in [-0.1, -0.05) is 30.7 Å². The third-order valence-corrected chi connectivity index (χ3v) is 2.79. The first kappa shape index (κ1) is 13.6. The average Bonchev–Trinajstić information content (AvgIpc) is 2.41. The molecule has 4 nitrogen and oxygen atoms in total. The molecule has 0 aliphatic carbocycles. The van der Waals surface area contributed by atoms with Crippen LogP contribution in [0.2, 0.25) is 5.02 Å². The van der Waals surface area contributed by atoms with Gasteiger partial charge in [-0.15, -0.1) is 0 Å². The second-order valence-electron chi connectivity index (χ2n) is 3.92. The first-order chi connectivity index (χ1) is 9.22. The van der Waals surface area contributed by atoms with Crippen LogP contribution in [0.15, 0.2) is 30.3 Å². The van der Waals surface area contributed by atoms with Crippen molar-refractivity contribution in [2.24, 2.45) is 0 Å². The summed E-state index contributed by atoms with van der Waals surface area (Å²) >= 11 is 6.06. The normalized spacial score (nSPS) is 10.3.